The normalized spacial score (nSPS) is 24.9. The molecule has 0 saturated carbocycles. The zero-order chi connectivity index (χ0) is 14.8. The zero-order valence-corrected chi connectivity index (χ0v) is 12.1. The van der Waals surface area contributed by atoms with E-state index in [9.17, 15) is 10.1 Å². The van der Waals surface area contributed by atoms with E-state index in [1.807, 2.05) is 24.3 Å². The molecule has 0 bridgehead atoms. The third-order valence-electron chi connectivity index (χ3n) is 4.39. The molecule has 0 saturated heterocycles. The number of nitrogens with one attached hydrogen (secondary N) is 1. The lowest BCUT2D eigenvalue weighted by Crippen LogP contribution is -2.40. The summed E-state index contributed by atoms with van der Waals surface area (Å²) in [4.78, 5) is 12.2. The Morgan fingerprint density at radius 1 is 1.24 bits per heavy atom. The fourth-order valence-corrected chi connectivity index (χ4v) is 3.33. The molecular weight excluding hydrogens is 264 g/mol. The van der Waals surface area contributed by atoms with Gasteiger partial charge in [0.25, 0.3) is 0 Å². The highest BCUT2D eigenvalue weighted by molar-refractivity contribution is 5.86. The van der Waals surface area contributed by atoms with Crippen LogP contribution < -0.4 is 10.1 Å². The van der Waals surface area contributed by atoms with Crippen LogP contribution >= 0.6 is 0 Å². The molecule has 1 heterocycles. The van der Waals surface area contributed by atoms with E-state index in [1.54, 1.807) is 7.11 Å². The molecule has 1 aliphatic carbocycles. The van der Waals surface area contributed by atoms with Gasteiger partial charge in [0.1, 0.15) is 11.7 Å². The highest BCUT2D eigenvalue weighted by Gasteiger charge is 2.39. The van der Waals surface area contributed by atoms with Crippen molar-refractivity contribution in [3.63, 3.8) is 0 Å². The van der Waals surface area contributed by atoms with Crippen molar-refractivity contribution in [2.75, 3.05) is 7.11 Å². The Bertz CT molecular complexity index is 625. The van der Waals surface area contributed by atoms with Crippen LogP contribution in [-0.4, -0.2) is 13.0 Å². The number of nitriles is 1. The van der Waals surface area contributed by atoms with Crippen molar-refractivity contribution in [2.24, 2.45) is 5.92 Å². The first kappa shape index (κ1) is 13.7. The van der Waals surface area contributed by atoms with E-state index in [2.05, 4.69) is 11.4 Å². The van der Waals surface area contributed by atoms with E-state index in [0.717, 1.165) is 42.7 Å². The summed E-state index contributed by atoms with van der Waals surface area (Å²) in [6, 6.07) is 9.89. The van der Waals surface area contributed by atoms with Crippen molar-refractivity contribution in [3.05, 3.63) is 41.1 Å². The quantitative estimate of drug-likeness (QED) is 0.907. The molecule has 0 radical (unpaired) electrons. The molecule has 4 heteroatoms. The topological polar surface area (TPSA) is 62.1 Å². The minimum atomic E-state index is -0.643. The van der Waals surface area contributed by atoms with E-state index >= 15 is 0 Å². The Kier molecular flexibility index (Phi) is 3.66. The van der Waals surface area contributed by atoms with Gasteiger partial charge in [0.15, 0.2) is 0 Å². The monoisotopic (exact) mass is 282 g/mol. The summed E-state index contributed by atoms with van der Waals surface area (Å²) in [5, 5.41) is 12.4. The van der Waals surface area contributed by atoms with Crippen LogP contribution in [0.5, 0.6) is 5.75 Å². The minimum absolute atomic E-state index is 0.120. The summed E-state index contributed by atoms with van der Waals surface area (Å²) < 4.78 is 5.18. The molecule has 1 aliphatic heterocycles. The fraction of sp³-hybridized carbons (Fsp3) is 0.412. The second kappa shape index (κ2) is 5.61. The van der Waals surface area contributed by atoms with Gasteiger partial charge in [-0.05, 0) is 49.0 Å². The van der Waals surface area contributed by atoms with Crippen LogP contribution in [0.3, 0.4) is 0 Å². The summed E-state index contributed by atoms with van der Waals surface area (Å²) >= 11 is 0. The predicted octanol–water partition coefficient (Wildman–Crippen LogP) is 2.88. The molecule has 21 heavy (non-hydrogen) atoms. The number of ether oxygens (including phenoxy) is 1. The van der Waals surface area contributed by atoms with E-state index in [0.29, 0.717) is 0 Å². The number of nitrogens with zero attached hydrogens (tertiary/aromatic N) is 1. The molecule has 0 spiro atoms. The van der Waals surface area contributed by atoms with Crippen LogP contribution in [0.15, 0.2) is 35.5 Å². The van der Waals surface area contributed by atoms with Crippen LogP contribution in [0, 0.1) is 17.2 Å². The molecule has 1 N–H and O–H groups in total. The molecular formula is C17H18N2O2. The van der Waals surface area contributed by atoms with Gasteiger partial charge < -0.3 is 10.1 Å². The van der Waals surface area contributed by atoms with Crippen molar-refractivity contribution in [1.29, 1.82) is 5.26 Å². The summed E-state index contributed by atoms with van der Waals surface area (Å²) in [5.74, 6) is -0.149. The molecule has 2 unspecified atom stereocenters. The van der Waals surface area contributed by atoms with Crippen molar-refractivity contribution in [1.82, 2.24) is 5.32 Å². The highest BCUT2D eigenvalue weighted by Crippen LogP contribution is 2.42. The van der Waals surface area contributed by atoms with E-state index in [1.165, 1.54) is 5.57 Å². The Labute approximate surface area is 124 Å². The third kappa shape index (κ3) is 2.40. The fourth-order valence-electron chi connectivity index (χ4n) is 3.33. The number of hydrogen-bond donors (Lipinski definition) is 1. The van der Waals surface area contributed by atoms with Crippen molar-refractivity contribution < 1.29 is 9.53 Å². The van der Waals surface area contributed by atoms with Crippen molar-refractivity contribution in [2.45, 2.75) is 31.6 Å². The molecule has 1 amide bonds. The minimum Gasteiger partial charge on any atom is -0.497 e. The average Bonchev–Trinajstić information content (AvgIpc) is 2.53. The van der Waals surface area contributed by atoms with Gasteiger partial charge in [-0.15, -0.1) is 0 Å². The second-order valence-corrected chi connectivity index (χ2v) is 5.56. The maximum atomic E-state index is 12.2. The first-order valence-electron chi connectivity index (χ1n) is 7.31. The van der Waals surface area contributed by atoms with Gasteiger partial charge in [-0.3, -0.25) is 4.79 Å². The molecule has 3 rings (SSSR count). The summed E-state index contributed by atoms with van der Waals surface area (Å²) in [6.45, 7) is 0. The molecule has 2 aliphatic rings. The van der Waals surface area contributed by atoms with E-state index in [4.69, 9.17) is 4.74 Å². The van der Waals surface area contributed by atoms with Crippen molar-refractivity contribution in [3.8, 4) is 11.8 Å². The largest absolute Gasteiger partial charge is 0.497 e. The average molecular weight is 282 g/mol. The predicted molar refractivity (Wildman–Crippen MR) is 78.5 cm³/mol. The SMILES string of the molecule is COc1ccc(C2C3=C(CCCC3)NC(=O)C2C#N)cc1. The lowest BCUT2D eigenvalue weighted by molar-refractivity contribution is -0.123. The Morgan fingerprint density at radius 2 is 1.95 bits per heavy atom. The number of carbonyl (C=O) groups excluding carboxylic acids is 1. The van der Waals surface area contributed by atoms with Gasteiger partial charge in [-0.25, -0.2) is 0 Å². The maximum absolute atomic E-state index is 12.2. The standard InChI is InChI=1S/C17H18N2O2/c1-21-12-8-6-11(7-9-12)16-13-4-2-3-5-15(13)19-17(20)14(16)10-18/h6-9,14,16H,2-5H2,1H3,(H,19,20). The summed E-state index contributed by atoms with van der Waals surface area (Å²) in [6.07, 6.45) is 4.10. The Hall–Kier alpha value is -2.28. The van der Waals surface area contributed by atoms with Crippen LogP contribution in [0.1, 0.15) is 37.2 Å². The third-order valence-corrected chi connectivity index (χ3v) is 4.39. The Morgan fingerprint density at radius 3 is 2.62 bits per heavy atom. The molecule has 0 aromatic heterocycles. The zero-order valence-electron chi connectivity index (χ0n) is 12.1. The van der Waals surface area contributed by atoms with Crippen LogP contribution in [0.25, 0.3) is 0 Å². The van der Waals surface area contributed by atoms with Crippen molar-refractivity contribution >= 4 is 5.91 Å². The molecule has 0 fully saturated rings. The van der Waals surface area contributed by atoms with E-state index < -0.39 is 5.92 Å². The lowest BCUT2D eigenvalue weighted by atomic mass is 9.73. The molecule has 4 nitrogen and oxygen atoms in total. The van der Waals surface area contributed by atoms with Crippen LogP contribution in [-0.2, 0) is 4.79 Å². The maximum Gasteiger partial charge on any atom is 0.242 e. The lowest BCUT2D eigenvalue weighted by Gasteiger charge is -2.35. The number of allylic oxidation sites excluding steroid dienone is 2. The number of benzene rings is 1. The number of carbonyl (C=O) groups is 1. The molecule has 2 atom stereocenters. The number of hydrogen-bond acceptors (Lipinski definition) is 3. The first-order chi connectivity index (χ1) is 10.2. The molecule has 1 aromatic carbocycles. The number of methoxy groups -OCH3 is 1. The smallest absolute Gasteiger partial charge is 0.242 e. The first-order valence-corrected chi connectivity index (χ1v) is 7.31. The van der Waals surface area contributed by atoms with Gasteiger partial charge in [-0.1, -0.05) is 12.1 Å². The van der Waals surface area contributed by atoms with Gasteiger partial charge in [-0.2, -0.15) is 5.26 Å². The Balaban J connectivity index is 2.05. The molecule has 108 valence electrons. The summed E-state index contributed by atoms with van der Waals surface area (Å²) in [5.41, 5.74) is 3.29. The van der Waals surface area contributed by atoms with Gasteiger partial charge in [0, 0.05) is 11.6 Å². The highest BCUT2D eigenvalue weighted by atomic mass is 16.5. The van der Waals surface area contributed by atoms with E-state index in [-0.39, 0.29) is 11.8 Å². The van der Waals surface area contributed by atoms with Crippen LogP contribution in [0.4, 0.5) is 0 Å². The van der Waals surface area contributed by atoms with Crippen LogP contribution in [0.2, 0.25) is 0 Å². The van der Waals surface area contributed by atoms with Gasteiger partial charge >= 0.3 is 0 Å². The second-order valence-electron chi connectivity index (χ2n) is 5.56. The van der Waals surface area contributed by atoms with Gasteiger partial charge in [0.2, 0.25) is 5.91 Å². The molecule has 1 aromatic rings. The van der Waals surface area contributed by atoms with Gasteiger partial charge in [0.05, 0.1) is 13.2 Å². The summed E-state index contributed by atoms with van der Waals surface area (Å²) in [7, 11) is 1.63. The number of amides is 1. The number of rotatable bonds is 2.